The zero-order valence-electron chi connectivity index (χ0n) is 22.3. The Bertz CT molecular complexity index is 1540. The van der Waals surface area contributed by atoms with Gasteiger partial charge in [0.05, 0.1) is 36.4 Å². The number of nitrogens with one attached hydrogen (secondary N) is 1. The molecule has 206 valence electrons. The van der Waals surface area contributed by atoms with Gasteiger partial charge in [0.1, 0.15) is 5.82 Å². The van der Waals surface area contributed by atoms with E-state index in [1.807, 2.05) is 40.9 Å². The van der Waals surface area contributed by atoms with Gasteiger partial charge in [-0.1, -0.05) is 0 Å². The number of amides is 3. The Morgan fingerprint density at radius 2 is 1.77 bits per heavy atom. The Kier molecular flexibility index (Phi) is 6.99. The van der Waals surface area contributed by atoms with Crippen molar-refractivity contribution in [1.29, 1.82) is 0 Å². The van der Waals surface area contributed by atoms with Crippen molar-refractivity contribution in [2.24, 2.45) is 5.73 Å². The second-order valence-electron chi connectivity index (χ2n) is 10.0. The van der Waals surface area contributed by atoms with Crippen LogP contribution >= 0.6 is 0 Å². The zero-order valence-corrected chi connectivity index (χ0v) is 22.3. The first-order chi connectivity index (χ1) is 19.5. The molecule has 4 aromatic rings. The molecular formula is C28H31N9O3. The zero-order chi connectivity index (χ0) is 27.6. The highest BCUT2D eigenvalue weighted by Gasteiger charge is 2.28. The number of carbonyl (C=O) groups is 2. The molecule has 2 fully saturated rings. The minimum absolute atomic E-state index is 0.0165. The molecule has 2 saturated heterocycles. The Morgan fingerprint density at radius 1 is 1.02 bits per heavy atom. The fourth-order valence-electron chi connectivity index (χ4n) is 5.36. The van der Waals surface area contributed by atoms with Crippen LogP contribution in [0.1, 0.15) is 34.9 Å². The number of hydrogen-bond donors (Lipinski definition) is 2. The molecule has 0 saturated carbocycles. The first-order valence-corrected chi connectivity index (χ1v) is 13.4. The number of ether oxygens (including phenoxy) is 1. The maximum atomic E-state index is 13.1. The van der Waals surface area contributed by atoms with Gasteiger partial charge >= 0.3 is 6.03 Å². The number of benzene rings is 1. The summed E-state index contributed by atoms with van der Waals surface area (Å²) >= 11 is 0. The van der Waals surface area contributed by atoms with Gasteiger partial charge in [0.15, 0.2) is 11.5 Å². The molecule has 3 N–H and O–H groups in total. The first kappa shape index (κ1) is 25.7. The van der Waals surface area contributed by atoms with Crippen molar-refractivity contribution in [2.45, 2.75) is 25.8 Å². The van der Waals surface area contributed by atoms with E-state index in [-0.39, 0.29) is 11.9 Å². The maximum Gasteiger partial charge on any atom is 0.316 e. The van der Waals surface area contributed by atoms with Crippen LogP contribution in [0.25, 0.3) is 22.4 Å². The van der Waals surface area contributed by atoms with Crippen LogP contribution in [0.3, 0.4) is 0 Å². The van der Waals surface area contributed by atoms with Crippen LogP contribution in [0.15, 0.2) is 48.8 Å². The van der Waals surface area contributed by atoms with Gasteiger partial charge in [0.25, 0.3) is 5.91 Å². The number of primary amides is 1. The highest BCUT2D eigenvalue weighted by atomic mass is 16.5. The van der Waals surface area contributed by atoms with E-state index >= 15 is 0 Å². The van der Waals surface area contributed by atoms with E-state index in [2.05, 4.69) is 15.2 Å². The van der Waals surface area contributed by atoms with Gasteiger partial charge in [-0.25, -0.2) is 19.4 Å². The third-order valence-electron chi connectivity index (χ3n) is 7.49. The molecule has 40 heavy (non-hydrogen) atoms. The summed E-state index contributed by atoms with van der Waals surface area (Å²) in [7, 11) is 0. The number of pyridine rings is 1. The number of nitrogens with two attached hydrogens (primary N) is 1. The van der Waals surface area contributed by atoms with E-state index in [1.165, 1.54) is 0 Å². The number of carbonyl (C=O) groups excluding carboxylic acids is 2. The lowest BCUT2D eigenvalue weighted by Crippen LogP contribution is -2.39. The number of anilines is 2. The van der Waals surface area contributed by atoms with Crippen LogP contribution in [0, 0.1) is 6.92 Å². The largest absolute Gasteiger partial charge is 0.378 e. The number of aryl methyl sites for hydroxylation is 1. The van der Waals surface area contributed by atoms with Gasteiger partial charge in [-0.15, -0.1) is 0 Å². The second kappa shape index (κ2) is 10.9. The molecule has 2 aliphatic rings. The Hall–Kier alpha value is -4.58. The molecule has 0 aliphatic carbocycles. The van der Waals surface area contributed by atoms with Crippen molar-refractivity contribution >= 4 is 34.5 Å². The molecule has 0 unspecified atom stereocenters. The molecule has 1 aromatic carbocycles. The summed E-state index contributed by atoms with van der Waals surface area (Å²) in [4.78, 5) is 42.7. The third-order valence-corrected chi connectivity index (χ3v) is 7.49. The Balaban J connectivity index is 1.30. The van der Waals surface area contributed by atoms with Crippen molar-refractivity contribution < 1.29 is 14.3 Å². The van der Waals surface area contributed by atoms with Crippen molar-refractivity contribution in [2.75, 3.05) is 49.6 Å². The van der Waals surface area contributed by atoms with E-state index in [1.54, 1.807) is 24.4 Å². The van der Waals surface area contributed by atoms with Crippen LogP contribution in [0.5, 0.6) is 0 Å². The second-order valence-corrected chi connectivity index (χ2v) is 10.0. The highest BCUT2D eigenvalue weighted by molar-refractivity contribution is 5.95. The topological polar surface area (TPSA) is 144 Å². The monoisotopic (exact) mass is 541 g/mol. The number of piperidine rings is 1. The van der Waals surface area contributed by atoms with Gasteiger partial charge in [-0.2, -0.15) is 5.10 Å². The number of aromatic nitrogens is 5. The number of hydrogen-bond acceptors (Lipinski definition) is 8. The van der Waals surface area contributed by atoms with E-state index < -0.39 is 6.03 Å². The van der Waals surface area contributed by atoms with E-state index in [0.29, 0.717) is 43.4 Å². The number of rotatable bonds is 5. The average Bonchev–Trinajstić information content (AvgIpc) is 3.41. The van der Waals surface area contributed by atoms with Gasteiger partial charge in [-0.3, -0.25) is 9.78 Å². The molecule has 0 spiro atoms. The molecular weight excluding hydrogens is 510 g/mol. The summed E-state index contributed by atoms with van der Waals surface area (Å²) in [6.45, 7) is 5.83. The molecule has 6 rings (SSSR count). The quantitative estimate of drug-likeness (QED) is 0.392. The number of likely N-dealkylation sites (tertiary alicyclic amines) is 1. The number of fused-ring (bicyclic) bond motifs is 1. The molecule has 0 atom stereocenters. The summed E-state index contributed by atoms with van der Waals surface area (Å²) in [5.41, 5.74) is 8.81. The minimum Gasteiger partial charge on any atom is -0.378 e. The Morgan fingerprint density at radius 3 is 2.48 bits per heavy atom. The average molecular weight is 542 g/mol. The van der Waals surface area contributed by atoms with Crippen molar-refractivity contribution in [3.8, 4) is 11.4 Å². The molecule has 2 aliphatic heterocycles. The highest BCUT2D eigenvalue weighted by Crippen LogP contribution is 2.32. The lowest BCUT2D eigenvalue weighted by Gasteiger charge is -2.32. The van der Waals surface area contributed by atoms with Crippen LogP contribution in [0.4, 0.5) is 16.3 Å². The van der Waals surface area contributed by atoms with Crippen LogP contribution in [-0.4, -0.2) is 81.0 Å². The van der Waals surface area contributed by atoms with Gasteiger partial charge in [0.2, 0.25) is 0 Å². The normalized spacial score (nSPS) is 16.3. The van der Waals surface area contributed by atoms with Crippen molar-refractivity contribution in [1.82, 2.24) is 29.6 Å². The van der Waals surface area contributed by atoms with E-state index in [9.17, 15) is 9.59 Å². The molecule has 12 heteroatoms. The lowest BCUT2D eigenvalue weighted by molar-refractivity contribution is 0.0690. The number of morpholine rings is 1. The molecule has 3 aromatic heterocycles. The van der Waals surface area contributed by atoms with Crippen molar-refractivity contribution in [3.63, 3.8) is 0 Å². The summed E-state index contributed by atoms with van der Waals surface area (Å²) in [5, 5.41) is 8.25. The van der Waals surface area contributed by atoms with Crippen LogP contribution < -0.4 is 16.0 Å². The van der Waals surface area contributed by atoms with Crippen LogP contribution in [0.2, 0.25) is 0 Å². The molecule has 5 heterocycles. The predicted molar refractivity (Wildman–Crippen MR) is 150 cm³/mol. The molecule has 3 amide bonds. The van der Waals surface area contributed by atoms with E-state index in [0.717, 1.165) is 54.0 Å². The van der Waals surface area contributed by atoms with Gasteiger partial charge < -0.3 is 25.6 Å². The SMILES string of the molecule is Cc1ncccc1C(=O)N1CCC(n2ncc3c(N4CCOCC4)nc(-c4ccc(NC(N)=O)cc4)nc32)CC1. The molecule has 0 radical (unpaired) electrons. The van der Waals surface area contributed by atoms with Crippen molar-refractivity contribution in [3.05, 3.63) is 60.0 Å². The standard InChI is InChI=1S/C28H31N9O3/c1-18-22(3-2-10-30-18)27(38)36-11-8-21(9-12-36)37-26-23(17-31-37)25(35-13-15-40-16-14-35)33-24(34-26)19-4-6-20(7-5-19)32-28(29)39/h2-7,10,17,21H,8-9,11-16H2,1H3,(H3,29,32,39). The Labute approximate surface area is 231 Å². The van der Waals surface area contributed by atoms with Gasteiger partial charge in [-0.05, 0) is 56.2 Å². The summed E-state index contributed by atoms with van der Waals surface area (Å²) in [6, 6.07) is 10.4. The van der Waals surface area contributed by atoms with Crippen LogP contribution in [-0.2, 0) is 4.74 Å². The number of nitrogens with zero attached hydrogens (tertiary/aromatic N) is 7. The molecule has 0 bridgehead atoms. The lowest BCUT2D eigenvalue weighted by atomic mass is 10.0. The predicted octanol–water partition coefficient (Wildman–Crippen LogP) is 3.00. The fraction of sp³-hybridized carbons (Fsp3) is 0.357. The maximum absolute atomic E-state index is 13.1. The first-order valence-electron chi connectivity index (χ1n) is 13.4. The summed E-state index contributed by atoms with van der Waals surface area (Å²) in [5.74, 6) is 1.41. The molecule has 12 nitrogen and oxygen atoms in total. The van der Waals surface area contributed by atoms with E-state index in [4.69, 9.17) is 25.5 Å². The number of urea groups is 1. The fourth-order valence-corrected chi connectivity index (χ4v) is 5.36. The minimum atomic E-state index is -0.618. The third kappa shape index (κ3) is 5.05. The smallest absolute Gasteiger partial charge is 0.316 e. The summed E-state index contributed by atoms with van der Waals surface area (Å²) in [6.07, 6.45) is 5.08. The summed E-state index contributed by atoms with van der Waals surface area (Å²) < 4.78 is 7.57. The van der Waals surface area contributed by atoms with Gasteiger partial charge in [0, 0.05) is 49.3 Å².